The van der Waals surface area contributed by atoms with E-state index < -0.39 is 6.10 Å². The molecule has 1 saturated heterocycles. The number of rotatable bonds is 9. The molecule has 1 aliphatic carbocycles. The number of aliphatic imine (C=N–C) groups is 1. The summed E-state index contributed by atoms with van der Waals surface area (Å²) in [5, 5.41) is 13.9. The van der Waals surface area contributed by atoms with Gasteiger partial charge in [0.1, 0.15) is 18.5 Å². The van der Waals surface area contributed by atoms with E-state index in [9.17, 15) is 19.5 Å². The maximum absolute atomic E-state index is 13.2. The molecule has 2 amide bonds. The van der Waals surface area contributed by atoms with Crippen LogP contribution in [0.1, 0.15) is 70.5 Å². The van der Waals surface area contributed by atoms with Crippen LogP contribution < -0.4 is 10.1 Å². The minimum atomic E-state index is -0.850. The van der Waals surface area contributed by atoms with Crippen LogP contribution in [-0.2, 0) is 11.2 Å². The molecule has 2 N–H and O–H groups in total. The highest BCUT2D eigenvalue weighted by Gasteiger charge is 2.38. The van der Waals surface area contributed by atoms with E-state index in [0.717, 1.165) is 54.2 Å². The zero-order valence-electron chi connectivity index (χ0n) is 24.8. The Morgan fingerprint density at radius 3 is 2.52 bits per heavy atom. The van der Waals surface area contributed by atoms with Crippen molar-refractivity contribution in [1.29, 1.82) is 0 Å². The Balaban J connectivity index is 0.00000384. The Morgan fingerprint density at radius 2 is 1.77 bits per heavy atom. The molecule has 2 aromatic rings. The van der Waals surface area contributed by atoms with E-state index >= 15 is 0 Å². The van der Waals surface area contributed by atoms with Gasteiger partial charge >= 0.3 is 0 Å². The van der Waals surface area contributed by atoms with E-state index in [1.54, 1.807) is 24.3 Å². The monoisotopic (exact) mass is 598 g/mol. The van der Waals surface area contributed by atoms with Crippen molar-refractivity contribution in [3.05, 3.63) is 81.6 Å². The first-order chi connectivity index (χ1) is 20.8. The molecule has 44 heavy (non-hydrogen) atoms. The third-order valence-corrected chi connectivity index (χ3v) is 8.55. The topological polar surface area (TPSA) is 112 Å². The Labute approximate surface area is 259 Å². The lowest BCUT2D eigenvalue weighted by molar-refractivity contribution is -0.114. The number of aliphatic hydroxyl groups excluding tert-OH is 1. The van der Waals surface area contributed by atoms with Gasteiger partial charge in [-0.1, -0.05) is 31.2 Å². The van der Waals surface area contributed by atoms with Gasteiger partial charge in [-0.05, 0) is 88.1 Å². The number of hydrogen-bond acceptors (Lipinski definition) is 8. The number of nitrogens with zero attached hydrogens (tertiary/aromatic N) is 3. The molecule has 0 radical (unpaired) electrons. The molecule has 0 spiro atoms. The highest BCUT2D eigenvalue weighted by molar-refractivity contribution is 6.29. The maximum atomic E-state index is 13.2. The average Bonchev–Trinajstić information content (AvgIpc) is 3.70. The number of ketones is 1. The number of benzene rings is 2. The second kappa shape index (κ2) is 13.3. The van der Waals surface area contributed by atoms with E-state index in [-0.39, 0.29) is 44.6 Å². The van der Waals surface area contributed by atoms with Crippen molar-refractivity contribution in [3.63, 3.8) is 0 Å². The Bertz CT molecular complexity index is 1520. The molecule has 6 rings (SSSR count). The van der Waals surface area contributed by atoms with Crippen molar-refractivity contribution in [2.45, 2.75) is 59.5 Å². The number of likely N-dealkylation sites (tertiary alicyclic amines) is 1. The van der Waals surface area contributed by atoms with Crippen LogP contribution in [0.15, 0.2) is 58.7 Å². The third kappa shape index (κ3) is 6.39. The summed E-state index contributed by atoms with van der Waals surface area (Å²) in [6, 6.07) is 9.42. The molecule has 9 nitrogen and oxygen atoms in total. The second-order valence-electron chi connectivity index (χ2n) is 11.9. The third-order valence-electron chi connectivity index (χ3n) is 8.55. The number of aryl methyl sites for hydroxylation is 2. The van der Waals surface area contributed by atoms with Crippen molar-refractivity contribution in [2.75, 3.05) is 44.6 Å². The number of carbonyl (C=O) groups is 3. The number of imide groups is 1. The Hall–Kier alpha value is -4.08. The van der Waals surface area contributed by atoms with E-state index in [1.165, 1.54) is 17.7 Å². The minimum absolute atomic E-state index is 0. The Morgan fingerprint density at radius 1 is 1.02 bits per heavy atom. The first kappa shape index (κ1) is 31.3. The van der Waals surface area contributed by atoms with Crippen LogP contribution in [0.3, 0.4) is 0 Å². The molecule has 2 aromatic carbocycles. The zero-order chi connectivity index (χ0) is 30.1. The van der Waals surface area contributed by atoms with Crippen molar-refractivity contribution in [1.82, 2.24) is 9.80 Å². The predicted octanol–water partition coefficient (Wildman–Crippen LogP) is 4.65. The second-order valence-corrected chi connectivity index (χ2v) is 11.9. The number of carbonyl (C=O) groups excluding carboxylic acids is 3. The number of allylic oxidation sites excluding steroid dienone is 4. The van der Waals surface area contributed by atoms with Crippen molar-refractivity contribution < 1.29 is 24.2 Å². The summed E-state index contributed by atoms with van der Waals surface area (Å²) in [4.78, 5) is 47.8. The van der Waals surface area contributed by atoms with Crippen molar-refractivity contribution in [2.24, 2.45) is 4.99 Å². The predicted molar refractivity (Wildman–Crippen MR) is 172 cm³/mol. The molecule has 0 aromatic heterocycles. The number of nitrogens with one attached hydrogen (secondary N) is 1. The van der Waals surface area contributed by atoms with Gasteiger partial charge in [0.05, 0.1) is 29.0 Å². The molecule has 1 fully saturated rings. The van der Waals surface area contributed by atoms with E-state index in [2.05, 4.69) is 15.2 Å². The summed E-state index contributed by atoms with van der Waals surface area (Å²) in [5.41, 5.74) is 6.22. The van der Waals surface area contributed by atoms with Crippen LogP contribution in [0.5, 0.6) is 5.75 Å². The lowest BCUT2D eigenvalue weighted by Crippen LogP contribution is -2.33. The molecule has 0 bridgehead atoms. The SMILES string of the molecule is C.Cc1ccc(OC[C@H](O)CN=C2C=CCC(=O)C2=C2Cc3cc4c(cc3N2)C(=O)N(CCCN2CCCC2)C4=O)c(C)c1. The summed E-state index contributed by atoms with van der Waals surface area (Å²) in [6.07, 6.45) is 6.60. The molecule has 0 unspecified atom stereocenters. The molecule has 3 heterocycles. The summed E-state index contributed by atoms with van der Waals surface area (Å²) >= 11 is 0. The van der Waals surface area contributed by atoms with Crippen molar-refractivity contribution in [3.8, 4) is 5.75 Å². The smallest absolute Gasteiger partial charge is 0.261 e. The lowest BCUT2D eigenvalue weighted by atomic mass is 9.94. The van der Waals surface area contributed by atoms with Crippen LogP contribution >= 0.6 is 0 Å². The summed E-state index contributed by atoms with van der Waals surface area (Å²) < 4.78 is 5.80. The first-order valence-electron chi connectivity index (χ1n) is 15.2. The first-order valence-corrected chi connectivity index (χ1v) is 15.2. The van der Waals surface area contributed by atoms with Gasteiger partial charge in [-0.25, -0.2) is 0 Å². The van der Waals surface area contributed by atoms with Gasteiger partial charge in [-0.3, -0.25) is 24.3 Å². The van der Waals surface area contributed by atoms with Crippen LogP contribution in [0, 0.1) is 13.8 Å². The average molecular weight is 599 g/mol. The highest BCUT2D eigenvalue weighted by Crippen LogP contribution is 2.36. The number of hydrogen-bond donors (Lipinski definition) is 2. The molecule has 3 aliphatic heterocycles. The normalized spacial score (nSPS) is 21.0. The molecule has 9 heteroatoms. The van der Waals surface area contributed by atoms with E-state index in [0.29, 0.717) is 41.1 Å². The zero-order valence-corrected chi connectivity index (χ0v) is 24.8. The fourth-order valence-corrected chi connectivity index (χ4v) is 6.32. The molecular formula is C35H42N4O5. The minimum Gasteiger partial charge on any atom is -0.491 e. The highest BCUT2D eigenvalue weighted by atomic mass is 16.5. The van der Waals surface area contributed by atoms with Crippen LogP contribution in [0.4, 0.5) is 5.69 Å². The molecule has 232 valence electrons. The summed E-state index contributed by atoms with van der Waals surface area (Å²) in [6.45, 7) is 7.62. The maximum Gasteiger partial charge on any atom is 0.261 e. The standard InChI is InChI=1S/C34H38N4O5.CH4/c1-21-9-10-31(22(2)15-21)43-20-24(39)19-35-27-7-5-8-30(40)32(27)29-17-23-16-25-26(18-28(23)36-29)34(42)38(33(25)41)14-6-13-37-11-3-4-12-37;/h5,7,9-10,15-16,18,24,36,39H,3-4,6,8,11-14,17,19-20H2,1-2H3;1H4/t24-;/m1./s1. The fraction of sp³-hybridized carbons (Fsp3) is 0.429. The number of aliphatic hydroxyl groups is 1. The molecule has 4 aliphatic rings. The van der Waals surface area contributed by atoms with Gasteiger partial charge in [0.2, 0.25) is 0 Å². The van der Waals surface area contributed by atoms with Gasteiger partial charge < -0.3 is 20.1 Å². The summed E-state index contributed by atoms with van der Waals surface area (Å²) in [7, 11) is 0. The summed E-state index contributed by atoms with van der Waals surface area (Å²) in [5.74, 6) is 0.139. The van der Waals surface area contributed by atoms with Crippen molar-refractivity contribution >= 4 is 29.0 Å². The van der Waals surface area contributed by atoms with Crippen LogP contribution in [-0.4, -0.2) is 83.7 Å². The fourth-order valence-electron chi connectivity index (χ4n) is 6.32. The van der Waals surface area contributed by atoms with Gasteiger partial charge in [0.15, 0.2) is 5.78 Å². The number of amides is 2. The number of fused-ring (bicyclic) bond motifs is 2. The number of anilines is 1. The van der Waals surface area contributed by atoms with Crippen LogP contribution in [0.25, 0.3) is 0 Å². The molecular weight excluding hydrogens is 556 g/mol. The van der Waals surface area contributed by atoms with E-state index in [4.69, 9.17) is 4.74 Å². The van der Waals surface area contributed by atoms with E-state index in [1.807, 2.05) is 32.0 Å². The van der Waals surface area contributed by atoms with Gasteiger partial charge in [0.25, 0.3) is 11.8 Å². The van der Waals surface area contributed by atoms with Gasteiger partial charge in [-0.2, -0.15) is 0 Å². The molecule has 1 atom stereocenters. The van der Waals surface area contributed by atoms with Crippen LogP contribution in [0.2, 0.25) is 0 Å². The van der Waals surface area contributed by atoms with Gasteiger partial charge in [-0.15, -0.1) is 0 Å². The number of Topliss-reactive ketones (excluding diaryl/α,β-unsaturated/α-hetero) is 1. The molecule has 0 saturated carbocycles. The lowest BCUT2D eigenvalue weighted by Gasteiger charge is -2.18. The largest absolute Gasteiger partial charge is 0.491 e. The number of ether oxygens (including phenoxy) is 1. The van der Waals surface area contributed by atoms with Gasteiger partial charge in [0, 0.05) is 30.8 Å². The Kier molecular flexibility index (Phi) is 9.46. The quantitative estimate of drug-likeness (QED) is 0.319.